The number of hydrogen-bond acceptors (Lipinski definition) is 3. The van der Waals surface area contributed by atoms with Gasteiger partial charge in [0, 0.05) is 30.9 Å². The first-order valence-corrected chi connectivity index (χ1v) is 7.25. The molecule has 1 aromatic heterocycles. The van der Waals surface area contributed by atoms with Crippen molar-refractivity contribution in [2.75, 3.05) is 18.0 Å². The summed E-state index contributed by atoms with van der Waals surface area (Å²) in [4.78, 5) is 6.43. The first-order valence-electron chi connectivity index (χ1n) is 7.25. The maximum atomic E-state index is 14.5. The van der Waals surface area contributed by atoms with Crippen LogP contribution >= 0.6 is 0 Å². The second kappa shape index (κ2) is 6.33. The molecule has 0 spiro atoms. The predicted octanol–water partition coefficient (Wildman–Crippen LogP) is 2.96. The summed E-state index contributed by atoms with van der Waals surface area (Å²) in [7, 11) is 0. The number of pyridine rings is 1. The van der Waals surface area contributed by atoms with E-state index >= 15 is 0 Å². The van der Waals surface area contributed by atoms with Gasteiger partial charge < -0.3 is 10.2 Å². The Labute approximate surface area is 115 Å². The third-order valence-electron chi connectivity index (χ3n) is 3.86. The molecule has 1 aromatic rings. The molecule has 0 aliphatic carbocycles. The molecule has 1 saturated heterocycles. The quantitative estimate of drug-likeness (QED) is 0.887. The normalized spacial score (nSPS) is 19.4. The van der Waals surface area contributed by atoms with Crippen molar-refractivity contribution in [3.05, 3.63) is 23.6 Å². The van der Waals surface area contributed by atoms with Gasteiger partial charge in [-0.2, -0.15) is 0 Å². The van der Waals surface area contributed by atoms with E-state index in [1.54, 1.807) is 12.3 Å². The average Bonchev–Trinajstić information content (AvgIpc) is 2.87. The number of aromatic nitrogens is 1. The van der Waals surface area contributed by atoms with Crippen LogP contribution in [-0.2, 0) is 6.54 Å². The van der Waals surface area contributed by atoms with Crippen LogP contribution < -0.4 is 10.2 Å². The van der Waals surface area contributed by atoms with E-state index in [9.17, 15) is 4.39 Å². The van der Waals surface area contributed by atoms with Gasteiger partial charge in [0.1, 0.15) is 0 Å². The summed E-state index contributed by atoms with van der Waals surface area (Å²) >= 11 is 0. The molecule has 1 N–H and O–H groups in total. The second-order valence-electron chi connectivity index (χ2n) is 5.53. The predicted molar refractivity (Wildman–Crippen MR) is 76.8 cm³/mol. The third-order valence-corrected chi connectivity index (χ3v) is 3.86. The maximum absolute atomic E-state index is 14.5. The van der Waals surface area contributed by atoms with Gasteiger partial charge in [-0.3, -0.25) is 0 Å². The van der Waals surface area contributed by atoms with Gasteiger partial charge in [-0.25, -0.2) is 9.37 Å². The fourth-order valence-electron chi connectivity index (χ4n) is 2.82. The van der Waals surface area contributed by atoms with Gasteiger partial charge in [-0.05, 0) is 31.4 Å². The van der Waals surface area contributed by atoms with Crippen LogP contribution in [0.5, 0.6) is 0 Å². The smallest absolute Gasteiger partial charge is 0.170 e. The van der Waals surface area contributed by atoms with Gasteiger partial charge in [0.25, 0.3) is 0 Å². The highest BCUT2D eigenvalue weighted by atomic mass is 19.1. The monoisotopic (exact) mass is 265 g/mol. The Balaban J connectivity index is 2.24. The van der Waals surface area contributed by atoms with Crippen LogP contribution in [-0.4, -0.2) is 24.1 Å². The Morgan fingerprint density at radius 3 is 3.00 bits per heavy atom. The summed E-state index contributed by atoms with van der Waals surface area (Å²) in [6, 6.07) is 2.18. The lowest BCUT2D eigenvalue weighted by Crippen LogP contribution is -2.35. The van der Waals surface area contributed by atoms with E-state index in [1.165, 1.54) is 0 Å². The Morgan fingerprint density at radius 2 is 2.32 bits per heavy atom. The molecular weight excluding hydrogens is 241 g/mol. The summed E-state index contributed by atoms with van der Waals surface area (Å²) in [6.45, 7) is 8.74. The molecular formula is C15H24FN3. The van der Waals surface area contributed by atoms with E-state index in [-0.39, 0.29) is 5.82 Å². The highest BCUT2D eigenvalue weighted by molar-refractivity contribution is 5.45. The van der Waals surface area contributed by atoms with Crippen LogP contribution in [0.4, 0.5) is 10.2 Å². The fraction of sp³-hybridized carbons (Fsp3) is 0.667. The van der Waals surface area contributed by atoms with Crippen molar-refractivity contribution in [3.8, 4) is 0 Å². The van der Waals surface area contributed by atoms with Crippen molar-refractivity contribution >= 4 is 5.82 Å². The van der Waals surface area contributed by atoms with Crippen LogP contribution in [0.3, 0.4) is 0 Å². The Morgan fingerprint density at radius 1 is 1.53 bits per heavy atom. The molecule has 1 unspecified atom stereocenters. The molecule has 106 valence electrons. The maximum Gasteiger partial charge on any atom is 0.170 e. The zero-order valence-electron chi connectivity index (χ0n) is 12.1. The minimum absolute atomic E-state index is 0.156. The molecule has 3 nitrogen and oxygen atoms in total. The first kappa shape index (κ1) is 14.3. The van der Waals surface area contributed by atoms with E-state index in [2.05, 4.69) is 29.0 Å². The van der Waals surface area contributed by atoms with E-state index < -0.39 is 0 Å². The first-order chi connectivity index (χ1) is 9.15. The molecule has 0 radical (unpaired) electrons. The minimum Gasteiger partial charge on any atom is -0.351 e. The summed E-state index contributed by atoms with van der Waals surface area (Å²) < 4.78 is 14.5. The van der Waals surface area contributed by atoms with E-state index in [0.717, 1.165) is 25.9 Å². The molecule has 0 aromatic carbocycles. The van der Waals surface area contributed by atoms with Gasteiger partial charge in [0.15, 0.2) is 11.6 Å². The standard InChI is InChI=1S/C15H24FN3/c1-4-17-10-12-7-8-18-15(14(12)16)19-9-5-6-13(19)11(2)3/h7-8,11,13,17H,4-6,9-10H2,1-3H3. The molecule has 2 rings (SSSR count). The lowest BCUT2D eigenvalue weighted by Gasteiger charge is -2.29. The van der Waals surface area contributed by atoms with Gasteiger partial charge in [-0.1, -0.05) is 20.8 Å². The number of halogens is 1. The molecule has 2 heterocycles. The van der Waals surface area contributed by atoms with Crippen LogP contribution in [0.15, 0.2) is 12.3 Å². The van der Waals surface area contributed by atoms with Crippen LogP contribution in [0.2, 0.25) is 0 Å². The second-order valence-corrected chi connectivity index (χ2v) is 5.53. The van der Waals surface area contributed by atoms with Crippen molar-refractivity contribution < 1.29 is 4.39 Å². The summed E-state index contributed by atoms with van der Waals surface area (Å²) in [6.07, 6.45) is 3.98. The van der Waals surface area contributed by atoms with E-state index in [1.807, 2.05) is 6.92 Å². The highest BCUT2D eigenvalue weighted by Gasteiger charge is 2.30. The van der Waals surface area contributed by atoms with Gasteiger partial charge >= 0.3 is 0 Å². The molecule has 1 atom stereocenters. The van der Waals surface area contributed by atoms with Crippen molar-refractivity contribution in [1.29, 1.82) is 0 Å². The Hall–Kier alpha value is -1.16. The van der Waals surface area contributed by atoms with Crippen molar-refractivity contribution in [2.45, 2.75) is 46.2 Å². The minimum atomic E-state index is -0.156. The van der Waals surface area contributed by atoms with Crippen molar-refractivity contribution in [3.63, 3.8) is 0 Å². The van der Waals surface area contributed by atoms with Gasteiger partial charge in [0.2, 0.25) is 0 Å². The number of anilines is 1. The molecule has 1 aliphatic rings. The average molecular weight is 265 g/mol. The summed E-state index contributed by atoms with van der Waals surface area (Å²) in [5.41, 5.74) is 0.709. The number of nitrogens with zero attached hydrogens (tertiary/aromatic N) is 2. The number of nitrogens with one attached hydrogen (secondary N) is 1. The lowest BCUT2D eigenvalue weighted by molar-refractivity contribution is 0.480. The zero-order chi connectivity index (χ0) is 13.8. The fourth-order valence-corrected chi connectivity index (χ4v) is 2.82. The molecule has 19 heavy (non-hydrogen) atoms. The molecule has 1 aliphatic heterocycles. The van der Waals surface area contributed by atoms with Gasteiger partial charge in [-0.15, -0.1) is 0 Å². The van der Waals surface area contributed by atoms with Crippen LogP contribution in [0.1, 0.15) is 39.2 Å². The number of rotatable bonds is 5. The molecule has 1 fully saturated rings. The van der Waals surface area contributed by atoms with Crippen molar-refractivity contribution in [2.24, 2.45) is 5.92 Å². The van der Waals surface area contributed by atoms with E-state index in [0.29, 0.717) is 29.9 Å². The molecule has 0 amide bonds. The van der Waals surface area contributed by atoms with Crippen LogP contribution in [0.25, 0.3) is 0 Å². The third kappa shape index (κ3) is 3.06. The SMILES string of the molecule is CCNCc1ccnc(N2CCCC2C(C)C)c1F. The molecule has 0 saturated carbocycles. The van der Waals surface area contributed by atoms with E-state index in [4.69, 9.17) is 0 Å². The Kier molecular flexibility index (Phi) is 4.75. The molecule has 4 heteroatoms. The highest BCUT2D eigenvalue weighted by Crippen LogP contribution is 2.30. The number of hydrogen-bond donors (Lipinski definition) is 1. The zero-order valence-corrected chi connectivity index (χ0v) is 12.1. The van der Waals surface area contributed by atoms with Crippen molar-refractivity contribution in [1.82, 2.24) is 10.3 Å². The Bertz CT molecular complexity index is 420. The summed E-state index contributed by atoms with van der Waals surface area (Å²) in [5.74, 6) is 0.906. The summed E-state index contributed by atoms with van der Waals surface area (Å²) in [5, 5.41) is 3.17. The van der Waals surface area contributed by atoms with Crippen LogP contribution in [0, 0.1) is 11.7 Å². The lowest BCUT2D eigenvalue weighted by atomic mass is 10.0. The van der Waals surface area contributed by atoms with Gasteiger partial charge in [0.05, 0.1) is 0 Å². The topological polar surface area (TPSA) is 28.2 Å². The largest absolute Gasteiger partial charge is 0.351 e. The molecule has 0 bridgehead atoms.